The predicted octanol–water partition coefficient (Wildman–Crippen LogP) is 3.55. The minimum absolute atomic E-state index is 0.120. The number of aromatic nitrogens is 2. The summed E-state index contributed by atoms with van der Waals surface area (Å²) in [5.41, 5.74) is 3.85. The van der Waals surface area contributed by atoms with Crippen molar-refractivity contribution in [2.45, 2.75) is 6.04 Å². The lowest BCUT2D eigenvalue weighted by Crippen LogP contribution is -2.46. The molecule has 0 saturated carbocycles. The van der Waals surface area contributed by atoms with Gasteiger partial charge in [-0.25, -0.2) is 4.39 Å². The van der Waals surface area contributed by atoms with Gasteiger partial charge in [0.2, 0.25) is 0 Å². The first kappa shape index (κ1) is 16.9. The average Bonchev–Trinajstić information content (AvgIpc) is 3.18. The zero-order valence-corrected chi connectivity index (χ0v) is 14.9. The van der Waals surface area contributed by atoms with E-state index in [4.69, 9.17) is 0 Å². The Kier molecular flexibility index (Phi) is 4.82. The number of likely N-dealkylation sites (N-methyl/N-ethyl adjacent to an activating group) is 1. The van der Waals surface area contributed by atoms with Crippen molar-refractivity contribution in [2.24, 2.45) is 0 Å². The molecule has 0 bridgehead atoms. The normalized spacial score (nSPS) is 17.3. The van der Waals surface area contributed by atoms with Gasteiger partial charge < -0.3 is 4.90 Å². The van der Waals surface area contributed by atoms with Crippen LogP contribution in [0, 0.1) is 5.82 Å². The second kappa shape index (κ2) is 7.40. The van der Waals surface area contributed by atoms with Crippen molar-refractivity contribution in [2.75, 3.05) is 33.2 Å². The molecule has 1 saturated heterocycles. The van der Waals surface area contributed by atoms with E-state index in [0.717, 1.165) is 42.9 Å². The van der Waals surface area contributed by atoms with Crippen molar-refractivity contribution in [3.05, 3.63) is 77.9 Å². The summed E-state index contributed by atoms with van der Waals surface area (Å²) in [5, 5.41) is 7.09. The fourth-order valence-electron chi connectivity index (χ4n) is 3.68. The number of halogens is 1. The van der Waals surface area contributed by atoms with Gasteiger partial charge in [-0.05, 0) is 30.3 Å². The molecular weight excluding hydrogens is 327 g/mol. The molecule has 1 atom stereocenters. The third-order valence-corrected chi connectivity index (χ3v) is 5.13. The van der Waals surface area contributed by atoms with E-state index in [1.807, 2.05) is 36.7 Å². The van der Waals surface area contributed by atoms with Gasteiger partial charge >= 0.3 is 0 Å². The maximum atomic E-state index is 14.2. The van der Waals surface area contributed by atoms with Gasteiger partial charge in [-0.15, -0.1) is 0 Å². The van der Waals surface area contributed by atoms with E-state index in [2.05, 4.69) is 39.2 Å². The minimum atomic E-state index is -0.191. The van der Waals surface area contributed by atoms with Crippen LogP contribution in [0.1, 0.15) is 17.2 Å². The number of nitrogens with one attached hydrogen (secondary N) is 1. The van der Waals surface area contributed by atoms with Crippen molar-refractivity contribution in [1.82, 2.24) is 20.0 Å². The average molecular weight is 350 g/mol. The Morgan fingerprint density at radius 1 is 1.00 bits per heavy atom. The fraction of sp³-hybridized carbons (Fsp3) is 0.286. The Morgan fingerprint density at radius 3 is 2.54 bits per heavy atom. The highest BCUT2D eigenvalue weighted by Gasteiger charge is 2.26. The molecule has 0 aliphatic carbocycles. The molecule has 0 radical (unpaired) electrons. The Balaban J connectivity index is 1.72. The van der Waals surface area contributed by atoms with Crippen LogP contribution >= 0.6 is 0 Å². The largest absolute Gasteiger partial charge is 0.304 e. The Hall–Kier alpha value is -2.50. The van der Waals surface area contributed by atoms with Crippen molar-refractivity contribution < 1.29 is 4.39 Å². The highest BCUT2D eigenvalue weighted by Crippen LogP contribution is 2.32. The van der Waals surface area contributed by atoms with Gasteiger partial charge in [-0.2, -0.15) is 5.10 Å². The molecule has 1 aliphatic heterocycles. The van der Waals surface area contributed by atoms with Crippen molar-refractivity contribution in [3.63, 3.8) is 0 Å². The fourth-order valence-corrected chi connectivity index (χ4v) is 3.68. The van der Waals surface area contributed by atoms with Crippen LogP contribution in [0.5, 0.6) is 0 Å². The number of benzene rings is 2. The summed E-state index contributed by atoms with van der Waals surface area (Å²) in [6.07, 6.45) is 3.84. The number of hydrogen-bond donors (Lipinski definition) is 1. The van der Waals surface area contributed by atoms with E-state index in [-0.39, 0.29) is 11.9 Å². The third kappa shape index (κ3) is 3.41. The topological polar surface area (TPSA) is 35.2 Å². The molecule has 4 rings (SSSR count). The molecule has 1 fully saturated rings. The van der Waals surface area contributed by atoms with E-state index in [0.29, 0.717) is 5.56 Å². The second-order valence-electron chi connectivity index (χ2n) is 6.88. The molecule has 0 amide bonds. The first-order valence-electron chi connectivity index (χ1n) is 8.98. The molecule has 5 heteroatoms. The molecule has 1 aliphatic rings. The maximum absolute atomic E-state index is 14.2. The minimum Gasteiger partial charge on any atom is -0.304 e. The zero-order valence-electron chi connectivity index (χ0n) is 14.9. The summed E-state index contributed by atoms with van der Waals surface area (Å²) >= 11 is 0. The number of nitrogens with zero attached hydrogens (tertiary/aromatic N) is 3. The van der Waals surface area contributed by atoms with Crippen molar-refractivity contribution >= 4 is 0 Å². The Labute approximate surface area is 153 Å². The highest BCUT2D eigenvalue weighted by atomic mass is 19.1. The Bertz CT molecular complexity index is 854. The smallest absolute Gasteiger partial charge is 0.131 e. The van der Waals surface area contributed by atoms with Crippen LogP contribution in [0.25, 0.3) is 11.1 Å². The monoisotopic (exact) mass is 350 g/mol. The van der Waals surface area contributed by atoms with Crippen LogP contribution in [0.3, 0.4) is 0 Å². The summed E-state index contributed by atoms with van der Waals surface area (Å²) < 4.78 is 14.2. The molecule has 134 valence electrons. The summed E-state index contributed by atoms with van der Waals surface area (Å²) in [7, 11) is 2.16. The molecule has 1 unspecified atom stereocenters. The Morgan fingerprint density at radius 2 is 1.81 bits per heavy atom. The van der Waals surface area contributed by atoms with Gasteiger partial charge in [0.05, 0.1) is 12.2 Å². The third-order valence-electron chi connectivity index (χ3n) is 5.13. The van der Waals surface area contributed by atoms with Crippen LogP contribution in [0.4, 0.5) is 4.39 Å². The lowest BCUT2D eigenvalue weighted by Gasteiger charge is -2.38. The first-order valence-corrected chi connectivity index (χ1v) is 8.98. The van der Waals surface area contributed by atoms with Gasteiger partial charge in [0.25, 0.3) is 0 Å². The van der Waals surface area contributed by atoms with Gasteiger partial charge in [-0.1, -0.05) is 36.4 Å². The summed E-state index contributed by atoms with van der Waals surface area (Å²) in [6, 6.07) is 15.3. The first-order chi connectivity index (χ1) is 12.7. The van der Waals surface area contributed by atoms with Crippen LogP contribution < -0.4 is 0 Å². The van der Waals surface area contributed by atoms with Crippen LogP contribution in [0.15, 0.2) is 60.9 Å². The number of aromatic amines is 1. The van der Waals surface area contributed by atoms with Gasteiger partial charge in [0, 0.05) is 43.5 Å². The molecule has 3 aromatic rings. The molecule has 1 N–H and O–H groups in total. The second-order valence-corrected chi connectivity index (χ2v) is 6.88. The van der Waals surface area contributed by atoms with Crippen LogP contribution in [0.2, 0.25) is 0 Å². The highest BCUT2D eigenvalue weighted by molar-refractivity contribution is 5.65. The molecule has 2 heterocycles. The lowest BCUT2D eigenvalue weighted by atomic mass is 9.95. The standard InChI is InChI=1S/C21H23FN4/c1-25-9-11-26(12-10-25)21(18-14-23-24-15-18)17-6-4-5-16(13-17)19-7-2-3-8-20(19)22/h2-8,13-15,21H,9-12H2,1H3,(H,23,24). The predicted molar refractivity (Wildman–Crippen MR) is 101 cm³/mol. The van der Waals surface area contributed by atoms with Gasteiger partial charge in [0.1, 0.15) is 5.82 Å². The van der Waals surface area contributed by atoms with Gasteiger partial charge in [0.15, 0.2) is 0 Å². The van der Waals surface area contributed by atoms with Crippen molar-refractivity contribution in [1.29, 1.82) is 0 Å². The summed E-state index contributed by atoms with van der Waals surface area (Å²) in [5.74, 6) is -0.191. The SMILES string of the molecule is CN1CCN(C(c2cn[nH]c2)c2cccc(-c3ccccc3F)c2)CC1. The summed E-state index contributed by atoms with van der Waals surface area (Å²) in [6.45, 7) is 4.08. The quantitative estimate of drug-likeness (QED) is 0.781. The van der Waals surface area contributed by atoms with Gasteiger partial charge in [-0.3, -0.25) is 10.00 Å². The number of H-pyrrole nitrogens is 1. The van der Waals surface area contributed by atoms with E-state index in [1.54, 1.807) is 6.07 Å². The van der Waals surface area contributed by atoms with E-state index in [1.165, 1.54) is 6.07 Å². The molecule has 0 spiro atoms. The molecule has 4 nitrogen and oxygen atoms in total. The molecule has 2 aromatic carbocycles. The number of hydrogen-bond acceptors (Lipinski definition) is 3. The van der Waals surface area contributed by atoms with E-state index >= 15 is 0 Å². The van der Waals surface area contributed by atoms with Crippen LogP contribution in [-0.4, -0.2) is 53.2 Å². The molecule has 1 aromatic heterocycles. The zero-order chi connectivity index (χ0) is 17.9. The van der Waals surface area contributed by atoms with Crippen LogP contribution in [-0.2, 0) is 0 Å². The summed E-state index contributed by atoms with van der Waals surface area (Å²) in [4.78, 5) is 4.82. The molecule has 26 heavy (non-hydrogen) atoms. The lowest BCUT2D eigenvalue weighted by molar-refractivity contribution is 0.127. The number of piperazine rings is 1. The van der Waals surface area contributed by atoms with E-state index in [9.17, 15) is 4.39 Å². The van der Waals surface area contributed by atoms with Crippen molar-refractivity contribution in [3.8, 4) is 11.1 Å². The molecular formula is C21H23FN4. The number of rotatable bonds is 4. The van der Waals surface area contributed by atoms with E-state index < -0.39 is 0 Å². The maximum Gasteiger partial charge on any atom is 0.131 e.